The van der Waals surface area contributed by atoms with E-state index in [4.69, 9.17) is 12.2 Å². The van der Waals surface area contributed by atoms with E-state index < -0.39 is 0 Å². The Bertz CT molecular complexity index is 311. The SMILES string of the molecule is CNC(=S)SCCSCc1nc[nH]c1C. The topological polar surface area (TPSA) is 40.7 Å². The summed E-state index contributed by atoms with van der Waals surface area (Å²) in [5.74, 6) is 3.12. The van der Waals surface area contributed by atoms with Crippen LogP contribution in [0.1, 0.15) is 11.4 Å². The second kappa shape index (κ2) is 7.14. The van der Waals surface area contributed by atoms with E-state index in [1.165, 1.54) is 5.69 Å². The molecular weight excluding hydrogens is 246 g/mol. The highest BCUT2D eigenvalue weighted by atomic mass is 32.2. The standard InChI is InChI=1S/C9H15N3S3/c1-7-8(12-6-11-7)5-14-3-4-15-9(13)10-2/h6H,3-5H2,1-2H3,(H,10,13)(H,11,12). The van der Waals surface area contributed by atoms with Crippen LogP contribution >= 0.6 is 35.7 Å². The number of nitrogens with one attached hydrogen (secondary N) is 2. The van der Waals surface area contributed by atoms with E-state index in [0.29, 0.717) is 0 Å². The van der Waals surface area contributed by atoms with E-state index in [0.717, 1.165) is 27.3 Å². The molecule has 0 spiro atoms. The van der Waals surface area contributed by atoms with Gasteiger partial charge in [0.25, 0.3) is 0 Å². The molecule has 0 radical (unpaired) electrons. The van der Waals surface area contributed by atoms with Gasteiger partial charge in [0.1, 0.15) is 4.32 Å². The van der Waals surface area contributed by atoms with Crippen LogP contribution in [0.5, 0.6) is 0 Å². The fourth-order valence-electron chi connectivity index (χ4n) is 0.967. The quantitative estimate of drug-likeness (QED) is 0.628. The molecule has 0 saturated carbocycles. The third-order valence-electron chi connectivity index (χ3n) is 1.84. The van der Waals surface area contributed by atoms with Gasteiger partial charge in [-0.25, -0.2) is 4.98 Å². The van der Waals surface area contributed by atoms with E-state index in [2.05, 4.69) is 15.3 Å². The van der Waals surface area contributed by atoms with E-state index in [1.807, 2.05) is 25.7 Å². The summed E-state index contributed by atoms with van der Waals surface area (Å²) in [5, 5.41) is 2.95. The van der Waals surface area contributed by atoms with Crippen LogP contribution in [0.2, 0.25) is 0 Å². The molecule has 1 aromatic heterocycles. The maximum absolute atomic E-state index is 5.03. The number of H-pyrrole nitrogens is 1. The van der Waals surface area contributed by atoms with Gasteiger partial charge in [-0.2, -0.15) is 11.8 Å². The predicted octanol–water partition coefficient (Wildman–Crippen LogP) is 2.19. The molecule has 0 aliphatic heterocycles. The summed E-state index contributed by atoms with van der Waals surface area (Å²) in [5.41, 5.74) is 2.32. The number of aromatic amines is 1. The van der Waals surface area contributed by atoms with Gasteiger partial charge in [-0.15, -0.1) is 0 Å². The maximum atomic E-state index is 5.03. The van der Waals surface area contributed by atoms with E-state index >= 15 is 0 Å². The molecule has 0 saturated heterocycles. The third kappa shape index (κ3) is 4.90. The normalized spacial score (nSPS) is 10.3. The van der Waals surface area contributed by atoms with Crippen molar-refractivity contribution in [2.45, 2.75) is 12.7 Å². The van der Waals surface area contributed by atoms with Crippen molar-refractivity contribution in [3.05, 3.63) is 17.7 Å². The van der Waals surface area contributed by atoms with Crippen LogP contribution in [0.3, 0.4) is 0 Å². The lowest BCUT2D eigenvalue weighted by Gasteiger charge is -2.02. The zero-order valence-corrected chi connectivity index (χ0v) is 11.3. The first-order valence-corrected chi connectivity index (χ1v) is 7.20. The smallest absolute Gasteiger partial charge is 0.133 e. The van der Waals surface area contributed by atoms with Crippen molar-refractivity contribution in [1.82, 2.24) is 15.3 Å². The summed E-state index contributed by atoms with van der Waals surface area (Å²) in [4.78, 5) is 7.32. The van der Waals surface area contributed by atoms with E-state index in [9.17, 15) is 0 Å². The molecule has 0 bridgehead atoms. The number of hydrogen-bond acceptors (Lipinski definition) is 4. The van der Waals surface area contributed by atoms with Crippen molar-refractivity contribution in [1.29, 1.82) is 0 Å². The summed E-state index contributed by atoms with van der Waals surface area (Å²) < 4.78 is 0.867. The Balaban J connectivity index is 2.07. The zero-order valence-electron chi connectivity index (χ0n) is 8.87. The average molecular weight is 261 g/mol. The maximum Gasteiger partial charge on any atom is 0.133 e. The molecule has 15 heavy (non-hydrogen) atoms. The van der Waals surface area contributed by atoms with Gasteiger partial charge in [-0.3, -0.25) is 0 Å². The molecule has 3 nitrogen and oxygen atoms in total. The first kappa shape index (κ1) is 12.9. The van der Waals surface area contributed by atoms with Crippen LogP contribution in [-0.2, 0) is 5.75 Å². The molecule has 0 aromatic carbocycles. The number of thiocarbonyl (C=S) groups is 1. The lowest BCUT2D eigenvalue weighted by atomic mass is 10.4. The summed E-state index contributed by atoms with van der Waals surface area (Å²) in [6.45, 7) is 2.05. The number of rotatable bonds is 5. The monoisotopic (exact) mass is 261 g/mol. The number of aryl methyl sites for hydroxylation is 1. The molecule has 0 amide bonds. The molecule has 84 valence electrons. The molecule has 0 aliphatic carbocycles. The van der Waals surface area contributed by atoms with Crippen LogP contribution in [0.4, 0.5) is 0 Å². The van der Waals surface area contributed by atoms with Crippen molar-refractivity contribution in [2.75, 3.05) is 18.6 Å². The highest BCUT2D eigenvalue weighted by Gasteiger charge is 2.00. The second-order valence-corrected chi connectivity index (χ2v) is 5.79. The highest BCUT2D eigenvalue weighted by Crippen LogP contribution is 2.14. The van der Waals surface area contributed by atoms with Crippen LogP contribution in [0, 0.1) is 6.92 Å². The fourth-order valence-corrected chi connectivity index (χ4v) is 2.98. The molecule has 0 aliphatic rings. The van der Waals surface area contributed by atoms with Crippen LogP contribution < -0.4 is 5.32 Å². The van der Waals surface area contributed by atoms with Gasteiger partial charge in [0, 0.05) is 30.0 Å². The lowest BCUT2D eigenvalue weighted by molar-refractivity contribution is 1.19. The summed E-state index contributed by atoms with van der Waals surface area (Å²) in [6, 6.07) is 0. The Labute approximate surface area is 104 Å². The largest absolute Gasteiger partial charge is 0.374 e. The van der Waals surface area contributed by atoms with Crippen molar-refractivity contribution < 1.29 is 0 Å². The summed E-state index contributed by atoms with van der Waals surface area (Å²) in [7, 11) is 1.86. The minimum absolute atomic E-state index is 0.867. The Morgan fingerprint density at radius 3 is 3.00 bits per heavy atom. The number of aromatic nitrogens is 2. The summed E-state index contributed by atoms with van der Waals surface area (Å²) >= 11 is 8.61. The van der Waals surface area contributed by atoms with Crippen molar-refractivity contribution in [3.63, 3.8) is 0 Å². The Hall–Kier alpha value is -0.200. The Morgan fingerprint density at radius 2 is 2.40 bits per heavy atom. The number of thioether (sulfide) groups is 2. The van der Waals surface area contributed by atoms with Gasteiger partial charge in [0.15, 0.2) is 0 Å². The first-order valence-electron chi connectivity index (χ1n) is 4.65. The van der Waals surface area contributed by atoms with Gasteiger partial charge in [0.2, 0.25) is 0 Å². The fraction of sp³-hybridized carbons (Fsp3) is 0.556. The minimum Gasteiger partial charge on any atom is -0.374 e. The number of hydrogen-bond donors (Lipinski definition) is 2. The lowest BCUT2D eigenvalue weighted by Crippen LogP contribution is -2.11. The third-order valence-corrected chi connectivity index (χ3v) is 4.50. The van der Waals surface area contributed by atoms with Gasteiger partial charge >= 0.3 is 0 Å². The van der Waals surface area contributed by atoms with Gasteiger partial charge in [-0.05, 0) is 6.92 Å². The molecule has 2 N–H and O–H groups in total. The number of imidazole rings is 1. The van der Waals surface area contributed by atoms with Crippen molar-refractivity contribution in [2.24, 2.45) is 0 Å². The molecule has 1 rings (SSSR count). The molecule has 0 fully saturated rings. The Kier molecular flexibility index (Phi) is 6.12. The predicted molar refractivity (Wildman–Crippen MR) is 73.6 cm³/mol. The molecule has 0 unspecified atom stereocenters. The van der Waals surface area contributed by atoms with E-state index in [-0.39, 0.29) is 0 Å². The molecule has 1 aromatic rings. The van der Waals surface area contributed by atoms with Gasteiger partial charge < -0.3 is 10.3 Å². The second-order valence-electron chi connectivity index (χ2n) is 2.91. The van der Waals surface area contributed by atoms with Crippen molar-refractivity contribution >= 4 is 40.1 Å². The first-order chi connectivity index (χ1) is 7.24. The summed E-state index contributed by atoms with van der Waals surface area (Å²) in [6.07, 6.45) is 1.75. The van der Waals surface area contributed by atoms with E-state index in [1.54, 1.807) is 18.1 Å². The van der Waals surface area contributed by atoms with Crippen molar-refractivity contribution in [3.8, 4) is 0 Å². The van der Waals surface area contributed by atoms with Gasteiger partial charge in [0.05, 0.1) is 12.0 Å². The molecule has 6 heteroatoms. The molecule has 0 atom stereocenters. The Morgan fingerprint density at radius 1 is 1.60 bits per heavy atom. The molecular formula is C9H15N3S3. The highest BCUT2D eigenvalue weighted by molar-refractivity contribution is 8.23. The zero-order chi connectivity index (χ0) is 11.1. The van der Waals surface area contributed by atoms with Crippen LogP contribution in [0.25, 0.3) is 0 Å². The minimum atomic E-state index is 0.867. The van der Waals surface area contributed by atoms with Crippen LogP contribution in [0.15, 0.2) is 6.33 Å². The van der Waals surface area contributed by atoms with Crippen LogP contribution in [-0.4, -0.2) is 32.8 Å². The number of nitrogens with zero attached hydrogens (tertiary/aromatic N) is 1. The van der Waals surface area contributed by atoms with Gasteiger partial charge in [-0.1, -0.05) is 24.0 Å². The molecule has 1 heterocycles. The average Bonchev–Trinajstić information content (AvgIpc) is 2.63.